The van der Waals surface area contributed by atoms with Crippen LogP contribution in [0.25, 0.3) is 4.85 Å². The second-order valence-electron chi connectivity index (χ2n) is 9.60. The number of ether oxygens (including phenoxy) is 2. The lowest BCUT2D eigenvalue weighted by molar-refractivity contribution is -0.143. The maximum Gasteiger partial charge on any atom is 0.386 e. The van der Waals surface area contributed by atoms with E-state index in [0.29, 0.717) is 48.1 Å². The van der Waals surface area contributed by atoms with Gasteiger partial charge in [0.25, 0.3) is 23.6 Å². The number of alkyl halides is 1. The van der Waals surface area contributed by atoms with Gasteiger partial charge in [0.05, 0.1) is 42.5 Å². The standard InChI is InChI=1S/C16H16N2O4.C12H12BrNO2.C4H5NO2/c1-22-16(21)11(10-17)6-4-5-9-18-14(19)12-7-2-3-8-13(12)15(18)20;13-7-3-4-8-14-11(15)9-5-1-2-6-10(9)12(14)16;1-5-3-4(6)7-2/h2-3,7-8,11H,4-6,9H2,1H3;1-2,5-6H,3-4,7-8H2;3H2,2H3. The third-order valence-corrected chi connectivity index (χ3v) is 7.28. The van der Waals surface area contributed by atoms with Crippen LogP contribution in [0.1, 0.15) is 73.5 Å². The minimum absolute atomic E-state index is 0.157. The van der Waals surface area contributed by atoms with Gasteiger partial charge in [-0.25, -0.2) is 11.4 Å². The van der Waals surface area contributed by atoms with E-state index in [2.05, 4.69) is 30.2 Å². The van der Waals surface area contributed by atoms with Crippen LogP contribution in [-0.4, -0.2) is 84.6 Å². The summed E-state index contributed by atoms with van der Waals surface area (Å²) < 4.78 is 8.67. The fourth-order valence-electron chi connectivity index (χ4n) is 4.37. The number of halogens is 1. The minimum atomic E-state index is -0.799. The van der Waals surface area contributed by atoms with Gasteiger partial charge < -0.3 is 14.3 Å². The van der Waals surface area contributed by atoms with Crippen LogP contribution in [0.5, 0.6) is 0 Å². The van der Waals surface area contributed by atoms with Crippen molar-refractivity contribution >= 4 is 51.5 Å². The van der Waals surface area contributed by atoms with Crippen LogP contribution in [-0.2, 0) is 19.1 Å². The van der Waals surface area contributed by atoms with E-state index < -0.39 is 17.9 Å². The molecule has 2 aromatic rings. The van der Waals surface area contributed by atoms with Crippen molar-refractivity contribution in [3.63, 3.8) is 0 Å². The highest BCUT2D eigenvalue weighted by Gasteiger charge is 2.35. The average Bonchev–Trinajstić information content (AvgIpc) is 3.45. The van der Waals surface area contributed by atoms with Crippen LogP contribution in [0.4, 0.5) is 0 Å². The molecule has 13 heteroatoms. The first kappa shape index (κ1) is 36.3. The molecule has 0 saturated carbocycles. The lowest BCUT2D eigenvalue weighted by Crippen LogP contribution is -2.30. The van der Waals surface area contributed by atoms with Crippen molar-refractivity contribution < 1.29 is 38.2 Å². The first-order valence-corrected chi connectivity index (χ1v) is 15.1. The number of hydrogen-bond acceptors (Lipinski definition) is 9. The molecule has 2 aliphatic heterocycles. The summed E-state index contributed by atoms with van der Waals surface area (Å²) in [5.74, 6) is -2.72. The summed E-state index contributed by atoms with van der Waals surface area (Å²) in [5, 5.41) is 9.77. The van der Waals surface area contributed by atoms with Gasteiger partial charge in [0.15, 0.2) is 0 Å². The van der Waals surface area contributed by atoms with E-state index in [0.717, 1.165) is 18.2 Å². The van der Waals surface area contributed by atoms with Crippen LogP contribution in [0.3, 0.4) is 0 Å². The number of imide groups is 2. The van der Waals surface area contributed by atoms with Gasteiger partial charge in [0.2, 0.25) is 0 Å². The lowest BCUT2D eigenvalue weighted by atomic mass is 10.0. The molecule has 12 nitrogen and oxygen atoms in total. The van der Waals surface area contributed by atoms with Crippen molar-refractivity contribution in [1.82, 2.24) is 9.80 Å². The number of esters is 2. The molecule has 2 aromatic carbocycles. The average molecular weight is 682 g/mol. The molecule has 0 bridgehead atoms. The fourth-order valence-corrected chi connectivity index (χ4v) is 4.77. The summed E-state index contributed by atoms with van der Waals surface area (Å²) in [6, 6.07) is 15.6. The summed E-state index contributed by atoms with van der Waals surface area (Å²) in [6.45, 7) is 6.79. The Kier molecular flexibility index (Phi) is 15.1. The van der Waals surface area contributed by atoms with Crippen LogP contribution in [0.15, 0.2) is 48.5 Å². The zero-order valence-electron chi connectivity index (χ0n) is 25.0. The molecule has 0 aliphatic carbocycles. The molecule has 0 saturated heterocycles. The summed E-state index contributed by atoms with van der Waals surface area (Å²) in [4.78, 5) is 74.6. The quantitative estimate of drug-likeness (QED) is 0.111. The Labute approximate surface area is 269 Å². The summed E-state index contributed by atoms with van der Waals surface area (Å²) in [5.41, 5.74) is 1.92. The van der Waals surface area contributed by atoms with Gasteiger partial charge in [0.1, 0.15) is 5.92 Å². The zero-order valence-corrected chi connectivity index (χ0v) is 26.6. The molecule has 45 heavy (non-hydrogen) atoms. The van der Waals surface area contributed by atoms with Crippen molar-refractivity contribution in [1.29, 1.82) is 5.26 Å². The third-order valence-electron chi connectivity index (χ3n) is 6.72. The molecule has 0 N–H and O–H groups in total. The number of benzene rings is 2. The molecule has 4 amide bonds. The Bertz CT molecular complexity index is 1430. The second-order valence-corrected chi connectivity index (χ2v) is 10.4. The van der Waals surface area contributed by atoms with Gasteiger partial charge in [-0.15, -0.1) is 0 Å². The fraction of sp³-hybridized carbons (Fsp3) is 0.375. The van der Waals surface area contributed by atoms with Gasteiger partial charge in [-0.2, -0.15) is 5.26 Å². The number of fused-ring (bicyclic) bond motifs is 2. The number of methoxy groups -OCH3 is 2. The van der Waals surface area contributed by atoms with E-state index >= 15 is 0 Å². The molecule has 2 aliphatic rings. The highest BCUT2D eigenvalue weighted by molar-refractivity contribution is 9.09. The van der Waals surface area contributed by atoms with E-state index in [4.69, 9.17) is 11.8 Å². The highest BCUT2D eigenvalue weighted by atomic mass is 79.9. The van der Waals surface area contributed by atoms with E-state index in [1.165, 1.54) is 24.0 Å². The Morgan fingerprint density at radius 2 is 1.22 bits per heavy atom. The predicted octanol–water partition coefficient (Wildman–Crippen LogP) is 4.30. The summed E-state index contributed by atoms with van der Waals surface area (Å²) in [7, 11) is 2.50. The minimum Gasteiger partial charge on any atom is -0.468 e. The van der Waals surface area contributed by atoms with Crippen molar-refractivity contribution in [2.24, 2.45) is 5.92 Å². The Balaban J connectivity index is 0.000000267. The van der Waals surface area contributed by atoms with Crippen molar-refractivity contribution in [2.75, 3.05) is 39.2 Å². The van der Waals surface area contributed by atoms with Crippen LogP contribution >= 0.6 is 15.9 Å². The van der Waals surface area contributed by atoms with Crippen molar-refractivity contribution in [2.45, 2.75) is 32.1 Å². The van der Waals surface area contributed by atoms with E-state index in [-0.39, 0.29) is 36.7 Å². The molecule has 0 radical (unpaired) electrons. The van der Waals surface area contributed by atoms with Gasteiger partial charge in [-0.1, -0.05) is 40.2 Å². The lowest BCUT2D eigenvalue weighted by Gasteiger charge is -2.13. The molecule has 0 aromatic heterocycles. The SMILES string of the molecule is COC(=O)C(C#N)CCCCN1C(=O)c2ccccc2C1=O.O=C1c2ccccc2C(=O)N1CCCCBr.[C-]#[N+]CC(=O)OC. The number of rotatable bonds is 11. The van der Waals surface area contributed by atoms with Crippen molar-refractivity contribution in [3.8, 4) is 6.07 Å². The Hall–Kier alpha value is -4.88. The van der Waals surface area contributed by atoms with Crippen LogP contribution in [0, 0.1) is 23.8 Å². The molecule has 1 unspecified atom stereocenters. The maximum absolute atomic E-state index is 12.1. The molecular weight excluding hydrogens is 648 g/mol. The summed E-state index contributed by atoms with van der Waals surface area (Å²) >= 11 is 3.33. The molecule has 4 rings (SSSR count). The largest absolute Gasteiger partial charge is 0.468 e. The first-order chi connectivity index (χ1) is 21.7. The first-order valence-electron chi connectivity index (χ1n) is 14.0. The van der Waals surface area contributed by atoms with Gasteiger partial charge in [-0.05, 0) is 56.4 Å². The van der Waals surface area contributed by atoms with Crippen LogP contribution in [0.2, 0.25) is 0 Å². The second kappa shape index (κ2) is 18.7. The van der Waals surface area contributed by atoms with Gasteiger partial charge in [-0.3, -0.25) is 33.8 Å². The normalized spacial score (nSPS) is 13.3. The van der Waals surface area contributed by atoms with Crippen molar-refractivity contribution in [3.05, 3.63) is 82.2 Å². The molecule has 0 spiro atoms. The van der Waals surface area contributed by atoms with E-state index in [9.17, 15) is 28.8 Å². The summed E-state index contributed by atoms with van der Waals surface area (Å²) in [6.07, 6.45) is 3.26. The van der Waals surface area contributed by atoms with E-state index in [1.807, 2.05) is 6.07 Å². The number of nitriles is 1. The van der Waals surface area contributed by atoms with Gasteiger partial charge in [0, 0.05) is 18.4 Å². The van der Waals surface area contributed by atoms with E-state index in [1.54, 1.807) is 48.5 Å². The van der Waals surface area contributed by atoms with Gasteiger partial charge >= 0.3 is 18.5 Å². The highest BCUT2D eigenvalue weighted by Crippen LogP contribution is 2.24. The zero-order chi connectivity index (χ0) is 33.4. The maximum atomic E-state index is 12.1. The number of carbonyl (C=O) groups excluding carboxylic acids is 6. The smallest absolute Gasteiger partial charge is 0.386 e. The number of nitrogens with zero attached hydrogens (tertiary/aromatic N) is 4. The molecule has 0 fully saturated rings. The number of carbonyl (C=O) groups is 6. The third kappa shape index (κ3) is 9.81. The Morgan fingerprint density at radius 3 is 1.53 bits per heavy atom. The Morgan fingerprint density at radius 1 is 0.800 bits per heavy atom. The number of unbranched alkanes of at least 4 members (excludes halogenated alkanes) is 2. The molecular formula is C32H33BrN4O8. The number of amides is 4. The molecule has 1 atom stereocenters. The number of hydrogen-bond donors (Lipinski definition) is 0. The predicted molar refractivity (Wildman–Crippen MR) is 165 cm³/mol. The monoisotopic (exact) mass is 680 g/mol. The molecule has 2 heterocycles. The molecule has 236 valence electrons. The van der Waals surface area contributed by atoms with Crippen LogP contribution < -0.4 is 0 Å². The topological polar surface area (TPSA) is 156 Å².